The SMILES string of the molecule is C=C(Br)CNC(=O)c1nn[nH]n1. The topological polar surface area (TPSA) is 83.6 Å². The molecule has 0 unspecified atom stereocenters. The van der Waals surface area contributed by atoms with Gasteiger partial charge in [0, 0.05) is 11.0 Å². The van der Waals surface area contributed by atoms with Gasteiger partial charge in [0.25, 0.3) is 11.7 Å². The van der Waals surface area contributed by atoms with Crippen LogP contribution in [0.25, 0.3) is 0 Å². The minimum atomic E-state index is -0.385. The molecule has 0 aromatic carbocycles. The Labute approximate surface area is 76.6 Å². The molecule has 1 amide bonds. The second-order valence-electron chi connectivity index (χ2n) is 1.94. The molecule has 0 saturated carbocycles. The monoisotopic (exact) mass is 231 g/mol. The molecule has 0 bridgehead atoms. The van der Waals surface area contributed by atoms with Gasteiger partial charge >= 0.3 is 0 Å². The Bertz CT molecular complexity index is 282. The van der Waals surface area contributed by atoms with Gasteiger partial charge in [0.2, 0.25) is 0 Å². The van der Waals surface area contributed by atoms with E-state index in [-0.39, 0.29) is 11.7 Å². The molecule has 7 heteroatoms. The smallest absolute Gasteiger partial charge is 0.293 e. The first-order valence-electron chi connectivity index (χ1n) is 3.05. The molecule has 0 radical (unpaired) electrons. The number of tetrazole rings is 1. The predicted octanol–water partition coefficient (Wildman–Crippen LogP) is -0.162. The first-order valence-corrected chi connectivity index (χ1v) is 3.84. The molecular weight excluding hydrogens is 226 g/mol. The molecule has 1 aromatic rings. The summed E-state index contributed by atoms with van der Waals surface area (Å²) in [5.74, 6) is -0.367. The third-order valence-corrected chi connectivity index (χ3v) is 1.27. The summed E-state index contributed by atoms with van der Waals surface area (Å²) in [6.45, 7) is 3.89. The Hall–Kier alpha value is -1.24. The lowest BCUT2D eigenvalue weighted by Gasteiger charge is -1.97. The van der Waals surface area contributed by atoms with E-state index in [2.05, 4.69) is 48.4 Å². The highest BCUT2D eigenvalue weighted by Crippen LogP contribution is 1.97. The molecule has 0 aliphatic heterocycles. The summed E-state index contributed by atoms with van der Waals surface area (Å²) in [6, 6.07) is 0. The zero-order valence-electron chi connectivity index (χ0n) is 6.04. The van der Waals surface area contributed by atoms with E-state index in [0.29, 0.717) is 11.0 Å². The fourth-order valence-electron chi connectivity index (χ4n) is 0.513. The minimum absolute atomic E-state index is 0.0174. The third-order valence-electron chi connectivity index (χ3n) is 0.989. The largest absolute Gasteiger partial charge is 0.345 e. The minimum Gasteiger partial charge on any atom is -0.345 e. The van der Waals surface area contributed by atoms with Gasteiger partial charge in [0.1, 0.15) is 0 Å². The summed E-state index contributed by atoms with van der Waals surface area (Å²) < 4.78 is 0.680. The number of halogens is 1. The van der Waals surface area contributed by atoms with Crippen molar-refractivity contribution in [2.75, 3.05) is 6.54 Å². The summed E-state index contributed by atoms with van der Waals surface area (Å²) in [4.78, 5) is 11.1. The highest BCUT2D eigenvalue weighted by Gasteiger charge is 2.08. The number of nitrogens with zero attached hydrogens (tertiary/aromatic N) is 3. The Morgan fingerprint density at radius 2 is 2.50 bits per heavy atom. The number of hydrogen-bond donors (Lipinski definition) is 2. The third kappa shape index (κ3) is 2.42. The quantitative estimate of drug-likeness (QED) is 0.758. The molecule has 6 nitrogen and oxygen atoms in total. The van der Waals surface area contributed by atoms with Gasteiger partial charge < -0.3 is 5.32 Å². The van der Waals surface area contributed by atoms with Gasteiger partial charge in [-0.05, 0) is 5.21 Å². The van der Waals surface area contributed by atoms with Crippen LogP contribution in [0.5, 0.6) is 0 Å². The normalized spacial score (nSPS) is 9.42. The highest BCUT2D eigenvalue weighted by molar-refractivity contribution is 9.11. The number of carbonyl (C=O) groups excluding carboxylic acids is 1. The number of hydrogen-bond acceptors (Lipinski definition) is 4. The molecule has 0 aliphatic carbocycles. The van der Waals surface area contributed by atoms with Crippen LogP contribution in [0, 0.1) is 0 Å². The van der Waals surface area contributed by atoms with Crippen LogP contribution in [0.15, 0.2) is 11.1 Å². The van der Waals surface area contributed by atoms with Gasteiger partial charge in [-0.15, -0.1) is 10.2 Å². The number of carbonyl (C=O) groups is 1. The molecule has 1 aromatic heterocycles. The van der Waals surface area contributed by atoms with Crippen molar-refractivity contribution in [1.29, 1.82) is 0 Å². The van der Waals surface area contributed by atoms with E-state index in [0.717, 1.165) is 0 Å². The van der Waals surface area contributed by atoms with Crippen molar-refractivity contribution in [3.05, 3.63) is 16.9 Å². The molecule has 0 atom stereocenters. The Kier molecular flexibility index (Phi) is 2.92. The van der Waals surface area contributed by atoms with Crippen LogP contribution < -0.4 is 5.32 Å². The van der Waals surface area contributed by atoms with E-state index in [4.69, 9.17) is 0 Å². The van der Waals surface area contributed by atoms with Gasteiger partial charge in [-0.3, -0.25) is 4.79 Å². The number of H-pyrrole nitrogens is 1. The molecule has 0 fully saturated rings. The molecule has 1 heterocycles. The van der Waals surface area contributed by atoms with E-state index in [1.54, 1.807) is 0 Å². The van der Waals surface area contributed by atoms with Crippen LogP contribution in [-0.2, 0) is 0 Å². The fraction of sp³-hybridized carbons (Fsp3) is 0.200. The van der Waals surface area contributed by atoms with Crippen molar-refractivity contribution in [3.63, 3.8) is 0 Å². The molecule has 0 spiro atoms. The van der Waals surface area contributed by atoms with E-state index in [1.165, 1.54) is 0 Å². The van der Waals surface area contributed by atoms with E-state index < -0.39 is 0 Å². The van der Waals surface area contributed by atoms with Crippen molar-refractivity contribution >= 4 is 21.8 Å². The zero-order valence-corrected chi connectivity index (χ0v) is 7.63. The summed E-state index contributed by atoms with van der Waals surface area (Å²) in [7, 11) is 0. The van der Waals surface area contributed by atoms with E-state index in [1.807, 2.05) is 0 Å². The molecule has 12 heavy (non-hydrogen) atoms. The average molecular weight is 232 g/mol. The van der Waals surface area contributed by atoms with Crippen LogP contribution >= 0.6 is 15.9 Å². The molecule has 2 N–H and O–H groups in total. The number of aromatic nitrogens is 4. The maximum Gasteiger partial charge on any atom is 0.293 e. The first-order chi connectivity index (χ1) is 5.70. The van der Waals surface area contributed by atoms with Crippen molar-refractivity contribution < 1.29 is 4.79 Å². The van der Waals surface area contributed by atoms with Crippen LogP contribution in [0.1, 0.15) is 10.6 Å². The predicted molar refractivity (Wildman–Crippen MR) is 44.6 cm³/mol. The lowest BCUT2D eigenvalue weighted by molar-refractivity contribution is 0.0947. The Balaban J connectivity index is 2.45. The number of rotatable bonds is 3. The highest BCUT2D eigenvalue weighted by atomic mass is 79.9. The van der Waals surface area contributed by atoms with Crippen LogP contribution in [-0.4, -0.2) is 33.1 Å². The number of nitrogens with one attached hydrogen (secondary N) is 2. The number of aromatic amines is 1. The van der Waals surface area contributed by atoms with Crippen molar-refractivity contribution in [3.8, 4) is 0 Å². The maximum atomic E-state index is 11.1. The summed E-state index contributed by atoms with van der Waals surface area (Å²) in [5, 5.41) is 14.9. The Morgan fingerprint density at radius 3 is 3.00 bits per heavy atom. The molecule has 0 aliphatic rings. The second kappa shape index (κ2) is 3.96. The van der Waals surface area contributed by atoms with Gasteiger partial charge in [-0.2, -0.15) is 5.21 Å². The summed E-state index contributed by atoms with van der Waals surface area (Å²) in [5.41, 5.74) is 0. The fourth-order valence-corrected chi connectivity index (χ4v) is 0.653. The maximum absolute atomic E-state index is 11.1. The van der Waals surface area contributed by atoms with Crippen molar-refractivity contribution in [1.82, 2.24) is 25.9 Å². The second-order valence-corrected chi connectivity index (χ2v) is 3.06. The van der Waals surface area contributed by atoms with Crippen LogP contribution in [0.2, 0.25) is 0 Å². The zero-order chi connectivity index (χ0) is 8.97. The van der Waals surface area contributed by atoms with Crippen molar-refractivity contribution in [2.45, 2.75) is 0 Å². The van der Waals surface area contributed by atoms with E-state index >= 15 is 0 Å². The van der Waals surface area contributed by atoms with Crippen LogP contribution in [0.4, 0.5) is 0 Å². The van der Waals surface area contributed by atoms with Crippen molar-refractivity contribution in [2.24, 2.45) is 0 Å². The number of amides is 1. The van der Waals surface area contributed by atoms with Gasteiger partial charge in [-0.25, -0.2) is 0 Å². The molecule has 0 saturated heterocycles. The van der Waals surface area contributed by atoms with Gasteiger partial charge in [-0.1, -0.05) is 22.5 Å². The molecular formula is C5H6BrN5O. The summed E-state index contributed by atoms with van der Waals surface area (Å²) in [6.07, 6.45) is 0. The lowest BCUT2D eigenvalue weighted by atomic mass is 10.5. The van der Waals surface area contributed by atoms with E-state index in [9.17, 15) is 4.79 Å². The molecule has 64 valence electrons. The summed E-state index contributed by atoms with van der Waals surface area (Å²) >= 11 is 3.09. The lowest BCUT2D eigenvalue weighted by Crippen LogP contribution is -2.25. The standard InChI is InChI=1S/C5H6BrN5O/c1-3(6)2-7-5(12)4-8-10-11-9-4/h1-2H2,(H,7,12)(H,8,9,10,11). The Morgan fingerprint density at radius 1 is 1.75 bits per heavy atom. The van der Waals surface area contributed by atoms with Gasteiger partial charge in [0.15, 0.2) is 0 Å². The molecule has 1 rings (SSSR count). The first kappa shape index (κ1) is 8.85. The van der Waals surface area contributed by atoms with Crippen LogP contribution in [0.3, 0.4) is 0 Å². The average Bonchev–Trinajstić information content (AvgIpc) is 2.51. The van der Waals surface area contributed by atoms with Gasteiger partial charge in [0.05, 0.1) is 0 Å².